The van der Waals surface area contributed by atoms with Gasteiger partial charge in [-0.2, -0.15) is 0 Å². The zero-order chi connectivity index (χ0) is 24.6. The van der Waals surface area contributed by atoms with Gasteiger partial charge in [0.1, 0.15) is 11.9 Å². The van der Waals surface area contributed by atoms with Gasteiger partial charge in [-0.3, -0.25) is 4.79 Å². The van der Waals surface area contributed by atoms with Crippen molar-refractivity contribution in [1.29, 1.82) is 0 Å². The van der Waals surface area contributed by atoms with Crippen LogP contribution in [0.2, 0.25) is 0 Å². The zero-order valence-electron chi connectivity index (χ0n) is 22.3. The van der Waals surface area contributed by atoms with Gasteiger partial charge in [-0.15, -0.1) is 0 Å². The first kappa shape index (κ1) is 23.5. The first-order valence-electron chi connectivity index (χ1n) is 14.1. The van der Waals surface area contributed by atoms with E-state index in [4.69, 9.17) is 4.74 Å². The van der Waals surface area contributed by atoms with Gasteiger partial charge in [0.15, 0.2) is 0 Å². The van der Waals surface area contributed by atoms with E-state index in [2.05, 4.69) is 34.6 Å². The highest BCUT2D eigenvalue weighted by atomic mass is 16.6. The van der Waals surface area contributed by atoms with E-state index >= 15 is 0 Å². The van der Waals surface area contributed by atoms with E-state index in [9.17, 15) is 14.7 Å². The quantitative estimate of drug-likeness (QED) is 0.372. The predicted octanol–water partition coefficient (Wildman–Crippen LogP) is 6.09. The lowest BCUT2D eigenvalue weighted by molar-refractivity contribution is -0.284. The van der Waals surface area contributed by atoms with Crippen LogP contribution in [-0.4, -0.2) is 29.1 Å². The van der Waals surface area contributed by atoms with Crippen molar-refractivity contribution in [3.05, 3.63) is 0 Å². The lowest BCUT2D eigenvalue weighted by Crippen LogP contribution is -2.72. The summed E-state index contributed by atoms with van der Waals surface area (Å²) in [4.78, 5) is 26.0. The Hall–Kier alpha value is -0.900. The second-order valence-electron chi connectivity index (χ2n) is 15.3. The molecule has 34 heavy (non-hydrogen) atoms. The van der Waals surface area contributed by atoms with Crippen LogP contribution in [0.15, 0.2) is 0 Å². The topological polar surface area (TPSA) is 63.6 Å². The van der Waals surface area contributed by atoms with E-state index in [-0.39, 0.29) is 44.6 Å². The first-order valence-corrected chi connectivity index (χ1v) is 14.1. The minimum Gasteiger partial charge on any atom is -0.458 e. The van der Waals surface area contributed by atoms with Crippen molar-refractivity contribution in [2.24, 2.45) is 50.2 Å². The van der Waals surface area contributed by atoms with E-state index in [0.29, 0.717) is 18.3 Å². The molecule has 5 aliphatic carbocycles. The molecule has 1 heterocycles. The summed E-state index contributed by atoms with van der Waals surface area (Å²) < 4.78 is 6.74. The van der Waals surface area contributed by atoms with Crippen molar-refractivity contribution < 1.29 is 19.4 Å². The molecule has 1 saturated heterocycles. The first-order chi connectivity index (χ1) is 15.7. The van der Waals surface area contributed by atoms with Crippen LogP contribution in [0.25, 0.3) is 0 Å². The Balaban J connectivity index is 1.45. The molecule has 1 spiro atoms. The molecule has 0 radical (unpaired) electrons. The SMILES string of the molecule is CC1(C)CCC23CCC4(C)C5(C)CCC6C(C)(C=O)C(O)CCC6(C)C5CCC4(OC2=O)C3C1. The Morgan fingerprint density at radius 3 is 2.21 bits per heavy atom. The molecular weight excluding hydrogens is 424 g/mol. The van der Waals surface area contributed by atoms with Crippen LogP contribution in [0.4, 0.5) is 0 Å². The second-order valence-corrected chi connectivity index (χ2v) is 15.3. The van der Waals surface area contributed by atoms with Gasteiger partial charge in [-0.1, -0.05) is 41.5 Å². The number of fused-ring (bicyclic) bond motifs is 4. The molecule has 0 amide bonds. The molecule has 6 aliphatic rings. The largest absolute Gasteiger partial charge is 0.458 e. The van der Waals surface area contributed by atoms with E-state index in [1.54, 1.807) is 0 Å². The average Bonchev–Trinajstić information content (AvgIpc) is 2.95. The molecule has 10 atom stereocenters. The molecule has 0 aromatic heterocycles. The van der Waals surface area contributed by atoms with Gasteiger partial charge in [0.25, 0.3) is 0 Å². The summed E-state index contributed by atoms with van der Waals surface area (Å²) in [5, 5.41) is 10.9. The fourth-order valence-corrected chi connectivity index (χ4v) is 11.7. The number of carbonyl (C=O) groups excluding carboxylic acids is 2. The van der Waals surface area contributed by atoms with Crippen LogP contribution in [0.1, 0.15) is 112 Å². The van der Waals surface area contributed by atoms with E-state index in [0.717, 1.165) is 70.5 Å². The number of hydrogen-bond donors (Lipinski definition) is 1. The number of aldehydes is 1. The maximum absolute atomic E-state index is 13.6. The summed E-state index contributed by atoms with van der Waals surface area (Å²) in [5.74, 6) is 1.17. The molecule has 0 aromatic carbocycles. The molecule has 1 aliphatic heterocycles. The van der Waals surface area contributed by atoms with Crippen LogP contribution in [0, 0.1) is 50.2 Å². The van der Waals surface area contributed by atoms with E-state index < -0.39 is 11.5 Å². The molecule has 1 N–H and O–H groups in total. The van der Waals surface area contributed by atoms with Crippen LogP contribution in [-0.2, 0) is 14.3 Å². The maximum Gasteiger partial charge on any atom is 0.313 e. The van der Waals surface area contributed by atoms with Gasteiger partial charge >= 0.3 is 5.97 Å². The molecule has 4 heteroatoms. The smallest absolute Gasteiger partial charge is 0.313 e. The molecule has 10 unspecified atom stereocenters. The minimum atomic E-state index is -0.653. The third-order valence-electron chi connectivity index (χ3n) is 14.0. The van der Waals surface area contributed by atoms with Crippen molar-refractivity contribution in [3.63, 3.8) is 0 Å². The van der Waals surface area contributed by atoms with Crippen LogP contribution < -0.4 is 0 Å². The van der Waals surface area contributed by atoms with Crippen molar-refractivity contribution in [1.82, 2.24) is 0 Å². The van der Waals surface area contributed by atoms with Gasteiger partial charge in [0, 0.05) is 11.3 Å². The Morgan fingerprint density at radius 2 is 1.50 bits per heavy atom. The summed E-state index contributed by atoms with van der Waals surface area (Å²) >= 11 is 0. The monoisotopic (exact) mass is 470 g/mol. The second kappa shape index (κ2) is 6.50. The van der Waals surface area contributed by atoms with Crippen molar-refractivity contribution >= 4 is 12.3 Å². The number of rotatable bonds is 1. The number of aliphatic hydroxyl groups is 1. The molecule has 2 bridgehead atoms. The third-order valence-corrected chi connectivity index (χ3v) is 14.0. The fraction of sp³-hybridized carbons (Fsp3) is 0.933. The molecule has 0 aromatic rings. The van der Waals surface area contributed by atoms with Gasteiger partial charge in [-0.25, -0.2) is 0 Å². The minimum absolute atomic E-state index is 0.0372. The predicted molar refractivity (Wildman–Crippen MR) is 131 cm³/mol. The van der Waals surface area contributed by atoms with Crippen LogP contribution >= 0.6 is 0 Å². The van der Waals surface area contributed by atoms with Gasteiger partial charge in [0.2, 0.25) is 0 Å². The highest BCUT2D eigenvalue weighted by molar-refractivity contribution is 5.81. The van der Waals surface area contributed by atoms with Crippen LogP contribution in [0.3, 0.4) is 0 Å². The third kappa shape index (κ3) is 2.32. The summed E-state index contributed by atoms with van der Waals surface area (Å²) in [6.07, 6.45) is 11.6. The van der Waals surface area contributed by atoms with Gasteiger partial charge in [-0.05, 0) is 98.7 Å². The molecule has 5 saturated carbocycles. The van der Waals surface area contributed by atoms with Crippen molar-refractivity contribution in [2.45, 2.75) is 124 Å². The molecule has 6 fully saturated rings. The Kier molecular flexibility index (Phi) is 4.49. The highest BCUT2D eigenvalue weighted by Crippen LogP contribution is 2.80. The number of ether oxygens (including phenoxy) is 1. The fourth-order valence-electron chi connectivity index (χ4n) is 11.7. The number of carbonyl (C=O) groups is 2. The number of hydrogen-bond acceptors (Lipinski definition) is 4. The molecule has 4 nitrogen and oxygen atoms in total. The Bertz CT molecular complexity index is 942. The maximum atomic E-state index is 13.6. The Labute approximate surface area is 206 Å². The number of esters is 1. The van der Waals surface area contributed by atoms with Gasteiger partial charge < -0.3 is 14.6 Å². The lowest BCUT2D eigenvalue weighted by atomic mass is 9.31. The Morgan fingerprint density at radius 1 is 0.824 bits per heavy atom. The lowest BCUT2D eigenvalue weighted by Gasteiger charge is -2.73. The normalized spacial score (nSPS) is 59.7. The summed E-state index contributed by atoms with van der Waals surface area (Å²) in [7, 11) is 0. The summed E-state index contributed by atoms with van der Waals surface area (Å²) in [6.45, 7) is 14.2. The standard InChI is InChI=1S/C30H46O4/c1-24(2)13-15-29-16-14-28(6)27(5)11-7-19-25(3,10-9-22(32)26(19,4)18-31)20(27)8-12-30(28,21(29)17-24)34-23(29)33/h18-22,32H,7-17H2,1-6H3. The number of aliphatic hydroxyl groups excluding tert-OH is 1. The summed E-state index contributed by atoms with van der Waals surface area (Å²) in [6, 6.07) is 0. The molecule has 190 valence electrons. The van der Waals surface area contributed by atoms with Crippen molar-refractivity contribution in [3.8, 4) is 0 Å². The zero-order valence-corrected chi connectivity index (χ0v) is 22.3. The van der Waals surface area contributed by atoms with E-state index in [1.165, 1.54) is 0 Å². The molecular formula is C30H46O4. The van der Waals surface area contributed by atoms with Gasteiger partial charge in [0.05, 0.1) is 16.9 Å². The van der Waals surface area contributed by atoms with E-state index in [1.807, 2.05) is 6.92 Å². The average molecular weight is 471 g/mol. The summed E-state index contributed by atoms with van der Waals surface area (Å²) in [5.41, 5.74) is -0.908. The highest BCUT2D eigenvalue weighted by Gasteiger charge is 2.81. The van der Waals surface area contributed by atoms with Crippen LogP contribution in [0.5, 0.6) is 0 Å². The molecule has 6 rings (SSSR count). The van der Waals surface area contributed by atoms with Crippen molar-refractivity contribution in [2.75, 3.05) is 0 Å².